The number of hydrogen-bond donors (Lipinski definition) is 1. The average Bonchev–Trinajstić information content (AvgIpc) is 3.31. The van der Waals surface area contributed by atoms with Crippen LogP contribution < -0.4 is 10.2 Å². The van der Waals surface area contributed by atoms with E-state index < -0.39 is 23.2 Å². The number of likely N-dealkylation sites (tertiary alicyclic amines) is 1. The molecule has 0 bridgehead atoms. The Balaban J connectivity index is 1.30. The summed E-state index contributed by atoms with van der Waals surface area (Å²) in [6.07, 6.45) is 6.44. The number of amides is 3. The summed E-state index contributed by atoms with van der Waals surface area (Å²) in [5.41, 5.74) is 0.389. The van der Waals surface area contributed by atoms with Crippen LogP contribution in [-0.2, 0) is 16.9 Å². The van der Waals surface area contributed by atoms with Crippen LogP contribution in [0, 0.1) is 11.6 Å². The lowest BCUT2D eigenvalue weighted by Crippen LogP contribution is -2.55. The lowest BCUT2D eigenvalue weighted by molar-refractivity contribution is -0.123. The number of carbonyl (C=O) groups excluding carboxylic acids is 2. The van der Waals surface area contributed by atoms with E-state index in [4.69, 9.17) is 0 Å². The SMILES string of the molecule is O=C(Nc1ccc(F)cc1F)N1CCC2(CC1)CC(=O)N(Cc1ccncc1)c1ccnn12. The monoisotopic (exact) mass is 452 g/mol. The Morgan fingerprint density at radius 3 is 2.55 bits per heavy atom. The molecule has 4 heterocycles. The Morgan fingerprint density at radius 1 is 1.06 bits per heavy atom. The summed E-state index contributed by atoms with van der Waals surface area (Å²) < 4.78 is 28.9. The van der Waals surface area contributed by atoms with Gasteiger partial charge in [-0.15, -0.1) is 0 Å². The fourth-order valence-electron chi connectivity index (χ4n) is 4.59. The van der Waals surface area contributed by atoms with Gasteiger partial charge in [0.25, 0.3) is 0 Å². The third-order valence-corrected chi connectivity index (χ3v) is 6.37. The van der Waals surface area contributed by atoms with Crippen LogP contribution in [-0.4, -0.2) is 44.7 Å². The Morgan fingerprint density at radius 2 is 1.82 bits per heavy atom. The first-order valence-electron chi connectivity index (χ1n) is 10.7. The molecule has 1 fully saturated rings. The molecule has 0 atom stereocenters. The van der Waals surface area contributed by atoms with Gasteiger partial charge < -0.3 is 10.2 Å². The number of benzene rings is 1. The summed E-state index contributed by atoms with van der Waals surface area (Å²) in [6.45, 7) is 1.19. The smallest absolute Gasteiger partial charge is 0.321 e. The fourth-order valence-corrected chi connectivity index (χ4v) is 4.59. The molecule has 0 unspecified atom stereocenters. The van der Waals surface area contributed by atoms with E-state index in [1.807, 2.05) is 22.9 Å². The fraction of sp³-hybridized carbons (Fsp3) is 0.304. The van der Waals surface area contributed by atoms with Crippen molar-refractivity contribution in [2.24, 2.45) is 0 Å². The Labute approximate surface area is 188 Å². The van der Waals surface area contributed by atoms with Gasteiger partial charge in [-0.05, 0) is 42.7 Å². The minimum Gasteiger partial charge on any atom is -0.324 e. The molecule has 170 valence electrons. The molecule has 0 aliphatic carbocycles. The maximum atomic E-state index is 13.9. The third kappa shape index (κ3) is 3.92. The number of halogens is 2. The van der Waals surface area contributed by atoms with Crippen LogP contribution in [0.2, 0.25) is 0 Å². The molecule has 3 amide bonds. The summed E-state index contributed by atoms with van der Waals surface area (Å²) >= 11 is 0. The average molecular weight is 452 g/mol. The summed E-state index contributed by atoms with van der Waals surface area (Å²) in [6, 6.07) is 8.13. The summed E-state index contributed by atoms with van der Waals surface area (Å²) in [4.78, 5) is 33.1. The van der Waals surface area contributed by atoms with Gasteiger partial charge in [-0.3, -0.25) is 14.7 Å². The molecule has 2 aromatic heterocycles. The highest BCUT2D eigenvalue weighted by molar-refractivity contribution is 5.94. The largest absolute Gasteiger partial charge is 0.324 e. The molecule has 10 heteroatoms. The number of nitrogens with one attached hydrogen (secondary N) is 1. The zero-order chi connectivity index (χ0) is 23.0. The first-order chi connectivity index (χ1) is 15.9. The van der Waals surface area contributed by atoms with Gasteiger partial charge >= 0.3 is 6.03 Å². The summed E-state index contributed by atoms with van der Waals surface area (Å²) in [5, 5.41) is 7.02. The van der Waals surface area contributed by atoms with E-state index in [1.165, 1.54) is 6.07 Å². The normalized spacial score (nSPS) is 17.2. The first-order valence-corrected chi connectivity index (χ1v) is 10.7. The van der Waals surface area contributed by atoms with Crippen LogP contribution in [0.25, 0.3) is 0 Å². The van der Waals surface area contributed by atoms with Crippen molar-refractivity contribution in [2.75, 3.05) is 23.3 Å². The molecule has 1 N–H and O–H groups in total. The molecule has 2 aliphatic rings. The summed E-state index contributed by atoms with van der Waals surface area (Å²) in [7, 11) is 0. The zero-order valence-corrected chi connectivity index (χ0v) is 17.7. The number of aromatic nitrogens is 3. The number of piperidine rings is 1. The second-order valence-electron chi connectivity index (χ2n) is 8.38. The number of carbonyl (C=O) groups is 2. The lowest BCUT2D eigenvalue weighted by Gasteiger charge is -2.46. The van der Waals surface area contributed by atoms with Crippen molar-refractivity contribution in [1.82, 2.24) is 19.7 Å². The number of anilines is 2. The molecule has 1 saturated heterocycles. The van der Waals surface area contributed by atoms with E-state index in [-0.39, 0.29) is 18.0 Å². The van der Waals surface area contributed by atoms with Crippen LogP contribution in [0.15, 0.2) is 55.0 Å². The zero-order valence-electron chi connectivity index (χ0n) is 17.7. The number of pyridine rings is 1. The van der Waals surface area contributed by atoms with E-state index in [9.17, 15) is 18.4 Å². The van der Waals surface area contributed by atoms with Gasteiger partial charge in [-0.25, -0.2) is 18.3 Å². The van der Waals surface area contributed by atoms with Crippen molar-refractivity contribution in [3.63, 3.8) is 0 Å². The van der Waals surface area contributed by atoms with E-state index in [2.05, 4.69) is 15.4 Å². The van der Waals surface area contributed by atoms with Crippen LogP contribution in [0.3, 0.4) is 0 Å². The molecular formula is C23H22F2N6O2. The molecule has 0 saturated carbocycles. The second-order valence-corrected chi connectivity index (χ2v) is 8.38. The van der Waals surface area contributed by atoms with E-state index in [0.717, 1.165) is 23.5 Å². The predicted octanol–water partition coefficient (Wildman–Crippen LogP) is 3.52. The first kappa shape index (κ1) is 21.0. The van der Waals surface area contributed by atoms with Crippen molar-refractivity contribution in [3.05, 3.63) is 72.2 Å². The Hall–Kier alpha value is -3.82. The van der Waals surface area contributed by atoms with Crippen LogP contribution >= 0.6 is 0 Å². The molecule has 0 radical (unpaired) electrons. The van der Waals surface area contributed by atoms with Gasteiger partial charge in [0.1, 0.15) is 17.5 Å². The highest BCUT2D eigenvalue weighted by Gasteiger charge is 2.46. The highest BCUT2D eigenvalue weighted by atomic mass is 19.1. The number of hydrogen-bond acceptors (Lipinski definition) is 4. The minimum atomic E-state index is -0.829. The van der Waals surface area contributed by atoms with E-state index >= 15 is 0 Å². The molecule has 5 rings (SSSR count). The highest BCUT2D eigenvalue weighted by Crippen LogP contribution is 2.41. The number of rotatable bonds is 3. The Kier molecular flexibility index (Phi) is 5.27. The topological polar surface area (TPSA) is 83.4 Å². The second kappa shape index (κ2) is 8.27. The minimum absolute atomic E-state index is 0.00565. The number of nitrogens with zero attached hydrogens (tertiary/aromatic N) is 5. The van der Waals surface area contributed by atoms with Crippen LogP contribution in [0.1, 0.15) is 24.8 Å². The van der Waals surface area contributed by atoms with Crippen molar-refractivity contribution in [3.8, 4) is 0 Å². The number of fused-ring (bicyclic) bond motifs is 2. The quantitative estimate of drug-likeness (QED) is 0.659. The van der Waals surface area contributed by atoms with Gasteiger partial charge in [0.2, 0.25) is 5.91 Å². The van der Waals surface area contributed by atoms with Crippen molar-refractivity contribution < 1.29 is 18.4 Å². The summed E-state index contributed by atoms with van der Waals surface area (Å²) in [5.74, 6) is -0.800. The Bertz CT molecular complexity index is 1190. The van der Waals surface area contributed by atoms with Gasteiger partial charge in [0.15, 0.2) is 0 Å². The van der Waals surface area contributed by atoms with Crippen molar-refractivity contribution in [1.29, 1.82) is 0 Å². The van der Waals surface area contributed by atoms with Gasteiger partial charge in [0, 0.05) is 37.6 Å². The van der Waals surface area contributed by atoms with E-state index in [1.54, 1.807) is 28.4 Å². The predicted molar refractivity (Wildman–Crippen MR) is 116 cm³/mol. The van der Waals surface area contributed by atoms with Gasteiger partial charge in [-0.1, -0.05) is 0 Å². The third-order valence-electron chi connectivity index (χ3n) is 6.37. The van der Waals surface area contributed by atoms with Crippen molar-refractivity contribution in [2.45, 2.75) is 31.3 Å². The molecule has 8 nitrogen and oxygen atoms in total. The van der Waals surface area contributed by atoms with Crippen molar-refractivity contribution >= 4 is 23.4 Å². The molecule has 3 aromatic rings. The van der Waals surface area contributed by atoms with Gasteiger partial charge in [0.05, 0.1) is 30.4 Å². The standard InChI is InChI=1S/C23H22F2N6O2/c24-17-1-2-19(18(25)13-17)28-22(33)29-11-6-23(7-12-29)14-21(32)30(20-5-10-27-31(20)23)15-16-3-8-26-9-4-16/h1-5,8-10,13H,6-7,11-12,14-15H2,(H,28,33). The van der Waals surface area contributed by atoms with Crippen LogP contribution in [0.4, 0.5) is 25.1 Å². The molecular weight excluding hydrogens is 430 g/mol. The molecule has 2 aliphatic heterocycles. The maximum absolute atomic E-state index is 13.9. The molecule has 1 spiro atoms. The number of urea groups is 1. The van der Waals surface area contributed by atoms with Gasteiger partial charge in [-0.2, -0.15) is 5.10 Å². The maximum Gasteiger partial charge on any atom is 0.321 e. The van der Waals surface area contributed by atoms with E-state index in [0.29, 0.717) is 32.5 Å². The molecule has 33 heavy (non-hydrogen) atoms. The molecule has 1 aromatic carbocycles. The lowest BCUT2D eigenvalue weighted by atomic mass is 9.82. The van der Waals surface area contributed by atoms with Crippen LogP contribution in [0.5, 0.6) is 0 Å².